The molecule has 4 rings (SSSR count). The highest BCUT2D eigenvalue weighted by Crippen LogP contribution is 2.31. The average Bonchev–Trinajstić information content (AvgIpc) is 3.11. The van der Waals surface area contributed by atoms with Crippen LogP contribution in [0.4, 0.5) is 5.69 Å². The van der Waals surface area contributed by atoms with E-state index < -0.39 is 11.9 Å². The van der Waals surface area contributed by atoms with Gasteiger partial charge in [-0.1, -0.05) is 41.4 Å². The fraction of sp³-hybridized carbons (Fsp3) is 0.0500. The second-order valence-corrected chi connectivity index (χ2v) is 7.06. The minimum Gasteiger partial charge on any atom is -0.464 e. The molecule has 0 bridgehead atoms. The van der Waals surface area contributed by atoms with Crippen molar-refractivity contribution in [1.82, 2.24) is 9.97 Å². The van der Waals surface area contributed by atoms with Gasteiger partial charge < -0.3 is 9.72 Å². The van der Waals surface area contributed by atoms with Crippen molar-refractivity contribution in [3.05, 3.63) is 70.0 Å². The first-order chi connectivity index (χ1) is 13.9. The van der Waals surface area contributed by atoms with E-state index >= 15 is 0 Å². The third-order valence-corrected chi connectivity index (χ3v) is 5.03. The summed E-state index contributed by atoms with van der Waals surface area (Å²) >= 11 is 12.2. The number of halogens is 2. The van der Waals surface area contributed by atoms with Gasteiger partial charge >= 0.3 is 5.97 Å². The van der Waals surface area contributed by atoms with Crippen LogP contribution in [0, 0.1) is 0 Å². The smallest absolute Gasteiger partial charge is 0.356 e. The van der Waals surface area contributed by atoms with Crippen molar-refractivity contribution < 1.29 is 14.3 Å². The Hall–Kier alpha value is -3.13. The molecule has 0 saturated carbocycles. The fourth-order valence-corrected chi connectivity index (χ4v) is 3.48. The molecule has 1 amide bonds. The summed E-state index contributed by atoms with van der Waals surface area (Å²) in [5.74, 6) is 4.71. The molecule has 0 spiro atoms. The Morgan fingerprint density at radius 3 is 2.62 bits per heavy atom. The lowest BCUT2D eigenvalue weighted by Gasteiger charge is -2.18. The molecule has 0 saturated heterocycles. The predicted octanol–water partition coefficient (Wildman–Crippen LogP) is 4.33. The standard InChI is InChI=1S/C20H14Cl2N4O3/c1-29-20(28)15-9-12-11-4-2-3-5-14(11)24-17(12)18(25-15)19(27)26(23)16-8-10(21)6-7-13(16)22/h2-9,24H,23H2,1H3. The molecule has 0 atom stereocenters. The number of H-pyrrole nitrogens is 1. The van der Waals surface area contributed by atoms with E-state index in [0.29, 0.717) is 15.9 Å². The average molecular weight is 429 g/mol. The third-order valence-electron chi connectivity index (χ3n) is 4.48. The summed E-state index contributed by atoms with van der Waals surface area (Å²) in [6.45, 7) is 0. The number of hydrogen-bond donors (Lipinski definition) is 2. The molecule has 2 aromatic heterocycles. The van der Waals surface area contributed by atoms with Crippen LogP contribution in [-0.4, -0.2) is 29.0 Å². The molecule has 7 nitrogen and oxygen atoms in total. The first-order valence-electron chi connectivity index (χ1n) is 8.44. The number of carbonyl (C=O) groups is 2. The van der Waals surface area contributed by atoms with Gasteiger partial charge in [0.05, 0.1) is 23.3 Å². The van der Waals surface area contributed by atoms with Gasteiger partial charge in [0.25, 0.3) is 5.91 Å². The highest BCUT2D eigenvalue weighted by molar-refractivity contribution is 6.36. The molecule has 0 aliphatic heterocycles. The maximum atomic E-state index is 13.2. The Labute approximate surface area is 174 Å². The number of carbonyl (C=O) groups excluding carboxylic acids is 2. The van der Waals surface area contributed by atoms with Gasteiger partial charge in [-0.3, -0.25) is 4.79 Å². The van der Waals surface area contributed by atoms with Crippen LogP contribution in [0.2, 0.25) is 10.0 Å². The highest BCUT2D eigenvalue weighted by atomic mass is 35.5. The fourth-order valence-electron chi connectivity index (χ4n) is 3.10. The summed E-state index contributed by atoms with van der Waals surface area (Å²) in [5, 5.41) is 2.92. The quantitative estimate of drug-likeness (QED) is 0.219. The van der Waals surface area contributed by atoms with Crippen LogP contribution in [0.1, 0.15) is 21.0 Å². The van der Waals surface area contributed by atoms with E-state index in [2.05, 4.69) is 9.97 Å². The first-order valence-corrected chi connectivity index (χ1v) is 9.20. The number of ether oxygens (including phenoxy) is 1. The Morgan fingerprint density at radius 1 is 1.10 bits per heavy atom. The number of para-hydroxylation sites is 1. The SMILES string of the molecule is COC(=O)c1cc2c([nH]c3ccccc32)c(C(=O)N(N)c2cc(Cl)ccc2Cl)n1. The summed E-state index contributed by atoms with van der Waals surface area (Å²) in [6, 6.07) is 13.6. The molecule has 0 unspecified atom stereocenters. The van der Waals surface area contributed by atoms with Gasteiger partial charge in [0.1, 0.15) is 5.69 Å². The number of benzene rings is 2. The van der Waals surface area contributed by atoms with Crippen LogP contribution < -0.4 is 10.9 Å². The van der Waals surface area contributed by atoms with Crippen molar-refractivity contribution in [2.45, 2.75) is 0 Å². The second kappa shape index (κ2) is 7.36. The number of pyridine rings is 1. The number of methoxy groups -OCH3 is 1. The van der Waals surface area contributed by atoms with Crippen LogP contribution in [0.25, 0.3) is 21.8 Å². The van der Waals surface area contributed by atoms with Gasteiger partial charge in [0.15, 0.2) is 5.69 Å². The predicted molar refractivity (Wildman–Crippen MR) is 112 cm³/mol. The number of esters is 1. The molecule has 9 heteroatoms. The van der Waals surface area contributed by atoms with E-state index in [4.69, 9.17) is 33.8 Å². The molecule has 0 aliphatic carbocycles. The summed E-state index contributed by atoms with van der Waals surface area (Å²) in [5.41, 5.74) is 1.37. The zero-order chi connectivity index (χ0) is 20.7. The summed E-state index contributed by atoms with van der Waals surface area (Å²) < 4.78 is 4.78. The third kappa shape index (κ3) is 3.29. The van der Waals surface area contributed by atoms with Gasteiger partial charge in [-0.2, -0.15) is 0 Å². The van der Waals surface area contributed by atoms with E-state index in [1.807, 2.05) is 24.3 Å². The molecule has 3 N–H and O–H groups in total. The number of nitrogens with one attached hydrogen (secondary N) is 1. The van der Waals surface area contributed by atoms with Crippen LogP contribution in [0.5, 0.6) is 0 Å². The number of anilines is 1. The zero-order valence-corrected chi connectivity index (χ0v) is 16.6. The number of nitrogens with two attached hydrogens (primary N) is 1. The Bertz CT molecular complexity index is 1290. The van der Waals surface area contributed by atoms with E-state index in [-0.39, 0.29) is 22.1 Å². The van der Waals surface area contributed by atoms with Gasteiger partial charge in [0.2, 0.25) is 0 Å². The largest absolute Gasteiger partial charge is 0.464 e. The van der Waals surface area contributed by atoms with Crippen molar-refractivity contribution in [1.29, 1.82) is 0 Å². The number of hydrazine groups is 1. The van der Waals surface area contributed by atoms with Crippen LogP contribution in [0.15, 0.2) is 48.5 Å². The number of rotatable bonds is 3. The molecule has 2 aromatic carbocycles. The lowest BCUT2D eigenvalue weighted by atomic mass is 10.1. The lowest BCUT2D eigenvalue weighted by molar-refractivity contribution is 0.0594. The van der Waals surface area contributed by atoms with Gasteiger partial charge in [-0.05, 0) is 30.3 Å². The van der Waals surface area contributed by atoms with Crippen LogP contribution >= 0.6 is 23.2 Å². The van der Waals surface area contributed by atoms with Crippen molar-refractivity contribution in [3.63, 3.8) is 0 Å². The lowest BCUT2D eigenvalue weighted by Crippen LogP contribution is -2.38. The van der Waals surface area contributed by atoms with Gasteiger partial charge in [-0.25, -0.2) is 20.6 Å². The molecule has 4 aromatic rings. The number of nitrogens with zero attached hydrogens (tertiary/aromatic N) is 2. The minimum absolute atomic E-state index is 0.0151. The van der Waals surface area contributed by atoms with Crippen LogP contribution in [-0.2, 0) is 4.74 Å². The number of aromatic amines is 1. The summed E-state index contributed by atoms with van der Waals surface area (Å²) in [4.78, 5) is 32.7. The zero-order valence-electron chi connectivity index (χ0n) is 15.1. The van der Waals surface area contributed by atoms with Gasteiger partial charge in [-0.15, -0.1) is 0 Å². The van der Waals surface area contributed by atoms with Crippen molar-refractivity contribution >= 4 is 62.6 Å². The Balaban J connectivity index is 1.94. The number of hydrogen-bond acceptors (Lipinski definition) is 5. The van der Waals surface area contributed by atoms with Gasteiger partial charge in [0, 0.05) is 21.3 Å². The van der Waals surface area contributed by atoms with E-state index in [9.17, 15) is 9.59 Å². The van der Waals surface area contributed by atoms with E-state index in [0.717, 1.165) is 15.9 Å². The number of fused-ring (bicyclic) bond motifs is 3. The molecule has 0 fully saturated rings. The number of aromatic nitrogens is 2. The molecule has 146 valence electrons. The Kier molecular flexibility index (Phi) is 4.87. The normalized spacial score (nSPS) is 11.0. The molecule has 2 heterocycles. The number of amides is 1. The maximum absolute atomic E-state index is 13.2. The van der Waals surface area contributed by atoms with Crippen LogP contribution in [0.3, 0.4) is 0 Å². The van der Waals surface area contributed by atoms with Crippen molar-refractivity contribution in [2.24, 2.45) is 5.84 Å². The van der Waals surface area contributed by atoms with E-state index in [1.54, 1.807) is 12.1 Å². The molecular formula is C20H14Cl2N4O3. The second-order valence-electron chi connectivity index (χ2n) is 6.21. The maximum Gasteiger partial charge on any atom is 0.356 e. The molecule has 0 radical (unpaired) electrons. The summed E-state index contributed by atoms with van der Waals surface area (Å²) in [6.07, 6.45) is 0. The highest BCUT2D eigenvalue weighted by Gasteiger charge is 2.25. The first kappa shape index (κ1) is 19.2. The topological polar surface area (TPSA) is 101 Å². The molecule has 29 heavy (non-hydrogen) atoms. The van der Waals surface area contributed by atoms with Crippen molar-refractivity contribution in [2.75, 3.05) is 12.1 Å². The van der Waals surface area contributed by atoms with E-state index in [1.165, 1.54) is 19.2 Å². The summed E-state index contributed by atoms with van der Waals surface area (Å²) in [7, 11) is 1.24. The molecular weight excluding hydrogens is 415 g/mol. The van der Waals surface area contributed by atoms with Crippen molar-refractivity contribution in [3.8, 4) is 0 Å². The monoisotopic (exact) mass is 428 g/mol. The minimum atomic E-state index is -0.671. The molecule has 0 aliphatic rings. The Morgan fingerprint density at radius 2 is 1.86 bits per heavy atom.